The van der Waals surface area contributed by atoms with E-state index < -0.39 is 0 Å². The molecule has 2 fully saturated rings. The van der Waals surface area contributed by atoms with Crippen LogP contribution in [-0.4, -0.2) is 87.6 Å². The lowest BCUT2D eigenvalue weighted by molar-refractivity contribution is -0.119. The Bertz CT molecular complexity index is 186. The Morgan fingerprint density at radius 2 is 1.38 bits per heavy atom. The van der Waals surface area contributed by atoms with Crippen molar-refractivity contribution in [2.75, 3.05) is 66.5 Å². The predicted octanol–water partition coefficient (Wildman–Crippen LogP) is -1.09. The van der Waals surface area contributed by atoms with Crippen LogP contribution in [0.25, 0.3) is 0 Å². The van der Waals surface area contributed by atoms with Crippen molar-refractivity contribution in [3.05, 3.63) is 0 Å². The molecule has 2 heterocycles. The van der Waals surface area contributed by atoms with Crippen molar-refractivity contribution in [3.63, 3.8) is 0 Å². The smallest absolute Gasteiger partial charge is 0.209 e. The van der Waals surface area contributed by atoms with Gasteiger partial charge in [-0.1, -0.05) is 0 Å². The lowest BCUT2D eigenvalue weighted by atomic mass is 10.4. The van der Waals surface area contributed by atoms with Gasteiger partial charge < -0.3 is 20.0 Å². The van der Waals surface area contributed by atoms with Gasteiger partial charge in [0.25, 0.3) is 0 Å². The monoisotopic (exact) mass is 228 g/mol. The van der Waals surface area contributed by atoms with Crippen LogP contribution in [0, 0.1) is 0 Å². The molecule has 16 heavy (non-hydrogen) atoms. The lowest BCUT2D eigenvalue weighted by Crippen LogP contribution is -2.43. The van der Waals surface area contributed by atoms with Crippen molar-refractivity contribution in [3.8, 4) is 0 Å². The highest BCUT2D eigenvalue weighted by molar-refractivity contribution is 5.47. The van der Waals surface area contributed by atoms with Gasteiger partial charge in [0.2, 0.25) is 6.41 Å². The van der Waals surface area contributed by atoms with Crippen molar-refractivity contribution < 1.29 is 4.79 Å². The predicted molar refractivity (Wildman–Crippen MR) is 65.5 cm³/mol. The van der Waals surface area contributed by atoms with Crippen molar-refractivity contribution >= 4 is 6.41 Å². The summed E-state index contributed by atoms with van der Waals surface area (Å²) < 4.78 is 0. The molecule has 2 rings (SSSR count). The summed E-state index contributed by atoms with van der Waals surface area (Å²) in [4.78, 5) is 16.5. The molecule has 0 bridgehead atoms. The summed E-state index contributed by atoms with van der Waals surface area (Å²) in [7, 11) is 4.23. The molecule has 0 aromatic heterocycles. The maximum Gasteiger partial charge on any atom is 0.209 e. The third-order valence-corrected chi connectivity index (χ3v) is 3.03. The SMILES string of the molecule is CN1CCN(C=O)CC1.CN1CCNCC1. The summed E-state index contributed by atoms with van der Waals surface area (Å²) in [5.74, 6) is 0. The summed E-state index contributed by atoms with van der Waals surface area (Å²) in [6.45, 7) is 8.55. The van der Waals surface area contributed by atoms with Gasteiger partial charge in [-0.25, -0.2) is 0 Å². The van der Waals surface area contributed by atoms with E-state index in [1.807, 2.05) is 0 Å². The van der Waals surface area contributed by atoms with E-state index in [4.69, 9.17) is 0 Å². The molecule has 2 aliphatic heterocycles. The summed E-state index contributed by atoms with van der Waals surface area (Å²) in [5, 5.41) is 3.27. The minimum absolute atomic E-state index is 0.889. The Labute approximate surface area is 98.4 Å². The average molecular weight is 228 g/mol. The first kappa shape index (κ1) is 13.4. The first-order valence-corrected chi connectivity index (χ1v) is 5.99. The van der Waals surface area contributed by atoms with Gasteiger partial charge in [0.15, 0.2) is 0 Å². The van der Waals surface area contributed by atoms with E-state index in [2.05, 4.69) is 29.2 Å². The van der Waals surface area contributed by atoms with Crippen molar-refractivity contribution in [2.24, 2.45) is 0 Å². The van der Waals surface area contributed by atoms with Gasteiger partial charge >= 0.3 is 0 Å². The van der Waals surface area contributed by atoms with E-state index >= 15 is 0 Å². The number of carbonyl (C=O) groups is 1. The third kappa shape index (κ3) is 5.44. The molecule has 0 saturated carbocycles. The molecule has 1 N–H and O–H groups in total. The second-order valence-corrected chi connectivity index (χ2v) is 4.50. The fourth-order valence-corrected chi connectivity index (χ4v) is 1.70. The van der Waals surface area contributed by atoms with Gasteiger partial charge in [-0.2, -0.15) is 0 Å². The molecule has 0 spiro atoms. The van der Waals surface area contributed by atoms with E-state index in [0.29, 0.717) is 0 Å². The minimum Gasteiger partial charge on any atom is -0.343 e. The molecule has 0 aromatic rings. The molecule has 0 aliphatic carbocycles. The zero-order chi connectivity index (χ0) is 11.8. The standard InChI is InChI=1S/C6H12N2O.C5H12N2/c1-7-2-4-8(6-9)5-3-7;1-7-4-2-6-3-5-7/h6H,2-5H2,1H3;6H,2-5H2,1H3. The molecule has 0 unspecified atom stereocenters. The van der Waals surface area contributed by atoms with Crippen molar-refractivity contribution in [2.45, 2.75) is 0 Å². The highest BCUT2D eigenvalue weighted by Crippen LogP contribution is 1.94. The topological polar surface area (TPSA) is 38.8 Å². The fourth-order valence-electron chi connectivity index (χ4n) is 1.70. The van der Waals surface area contributed by atoms with E-state index in [9.17, 15) is 4.79 Å². The first-order chi connectivity index (χ1) is 7.72. The Kier molecular flexibility index (Phi) is 6.37. The highest BCUT2D eigenvalue weighted by Gasteiger charge is 2.10. The zero-order valence-corrected chi connectivity index (χ0v) is 10.5. The molecule has 94 valence electrons. The molecule has 2 aliphatic rings. The number of hydrogen-bond donors (Lipinski definition) is 1. The quantitative estimate of drug-likeness (QED) is 0.579. The van der Waals surface area contributed by atoms with Gasteiger partial charge in [-0.05, 0) is 14.1 Å². The number of carbonyl (C=O) groups excluding carboxylic acids is 1. The molecule has 0 radical (unpaired) electrons. The van der Waals surface area contributed by atoms with Gasteiger partial charge in [-0.3, -0.25) is 4.79 Å². The highest BCUT2D eigenvalue weighted by atomic mass is 16.1. The molecular weight excluding hydrogens is 204 g/mol. The molecule has 2 saturated heterocycles. The first-order valence-electron chi connectivity index (χ1n) is 5.99. The summed E-state index contributed by atoms with van der Waals surface area (Å²) >= 11 is 0. The Morgan fingerprint density at radius 3 is 1.75 bits per heavy atom. The van der Waals surface area contributed by atoms with Crippen LogP contribution >= 0.6 is 0 Å². The van der Waals surface area contributed by atoms with E-state index in [-0.39, 0.29) is 0 Å². The normalized spacial score (nSPS) is 23.5. The van der Waals surface area contributed by atoms with E-state index in [1.54, 1.807) is 4.90 Å². The molecule has 5 heteroatoms. The van der Waals surface area contributed by atoms with Crippen molar-refractivity contribution in [1.29, 1.82) is 0 Å². The van der Waals surface area contributed by atoms with Gasteiger partial charge in [0, 0.05) is 52.4 Å². The van der Waals surface area contributed by atoms with Crippen LogP contribution in [0.5, 0.6) is 0 Å². The van der Waals surface area contributed by atoms with Gasteiger partial charge in [0.1, 0.15) is 0 Å². The second kappa shape index (κ2) is 7.60. The van der Waals surface area contributed by atoms with Crippen molar-refractivity contribution in [1.82, 2.24) is 20.0 Å². The van der Waals surface area contributed by atoms with Gasteiger partial charge in [-0.15, -0.1) is 0 Å². The molecular formula is C11H24N4O. The third-order valence-electron chi connectivity index (χ3n) is 3.03. The number of piperazine rings is 2. The van der Waals surface area contributed by atoms with Crippen LogP contribution in [0.15, 0.2) is 0 Å². The minimum atomic E-state index is 0.889. The van der Waals surface area contributed by atoms with Crippen LogP contribution in [0.3, 0.4) is 0 Å². The number of rotatable bonds is 1. The number of nitrogens with one attached hydrogen (secondary N) is 1. The Hall–Kier alpha value is -0.650. The van der Waals surface area contributed by atoms with E-state index in [1.165, 1.54) is 13.1 Å². The summed E-state index contributed by atoms with van der Waals surface area (Å²) in [6.07, 6.45) is 0.924. The molecule has 1 amide bonds. The fraction of sp³-hybridized carbons (Fsp3) is 0.909. The van der Waals surface area contributed by atoms with E-state index in [0.717, 1.165) is 45.7 Å². The summed E-state index contributed by atoms with van der Waals surface area (Å²) in [5.41, 5.74) is 0. The Morgan fingerprint density at radius 1 is 0.875 bits per heavy atom. The summed E-state index contributed by atoms with van der Waals surface area (Å²) in [6, 6.07) is 0. The van der Waals surface area contributed by atoms with Crippen LogP contribution < -0.4 is 5.32 Å². The molecule has 0 aromatic carbocycles. The largest absolute Gasteiger partial charge is 0.343 e. The number of nitrogens with zero attached hydrogens (tertiary/aromatic N) is 3. The molecule has 5 nitrogen and oxygen atoms in total. The number of hydrogen-bond acceptors (Lipinski definition) is 4. The zero-order valence-electron chi connectivity index (χ0n) is 10.5. The number of amides is 1. The second-order valence-electron chi connectivity index (χ2n) is 4.50. The number of likely N-dealkylation sites (N-methyl/N-ethyl adjacent to an activating group) is 2. The van der Waals surface area contributed by atoms with Crippen LogP contribution in [0.2, 0.25) is 0 Å². The average Bonchev–Trinajstić information content (AvgIpc) is 2.32. The maximum atomic E-state index is 10.2. The van der Waals surface area contributed by atoms with Crippen LogP contribution in [-0.2, 0) is 4.79 Å². The maximum absolute atomic E-state index is 10.2. The molecule has 0 atom stereocenters. The Balaban J connectivity index is 0.000000165. The lowest BCUT2D eigenvalue weighted by Gasteiger charge is -2.29. The van der Waals surface area contributed by atoms with Gasteiger partial charge in [0.05, 0.1) is 0 Å². The van der Waals surface area contributed by atoms with Crippen LogP contribution in [0.1, 0.15) is 0 Å². The van der Waals surface area contributed by atoms with Crippen LogP contribution in [0.4, 0.5) is 0 Å².